The van der Waals surface area contributed by atoms with Crippen molar-refractivity contribution in [3.05, 3.63) is 59.9 Å². The van der Waals surface area contributed by atoms with Crippen molar-refractivity contribution in [2.24, 2.45) is 0 Å². The number of hydrogen-bond donors (Lipinski definition) is 3. The molecule has 0 aliphatic carbocycles. The zero-order valence-corrected chi connectivity index (χ0v) is 13.1. The molecule has 1 aliphatic rings. The number of ether oxygens (including phenoxy) is 1. The summed E-state index contributed by atoms with van der Waals surface area (Å²) in [6.45, 7) is 0.427. The lowest BCUT2D eigenvalue weighted by Gasteiger charge is -2.15. The standard InChI is InChI=1S/C17H16FN3O4/c18-12-4-6-13(7-5-12)25-14-3-1-2-11(8-14)9-21-10-15(16(22)20-24)19-17(21)23/h1-8,15,24H,9-10H2,(H,19,23)(H,20,22). The summed E-state index contributed by atoms with van der Waals surface area (Å²) in [5.74, 6) is 0.0392. The fourth-order valence-corrected chi connectivity index (χ4v) is 2.52. The quantitative estimate of drug-likeness (QED) is 0.571. The first kappa shape index (κ1) is 16.7. The fourth-order valence-electron chi connectivity index (χ4n) is 2.52. The molecular formula is C17H16FN3O4. The first-order chi connectivity index (χ1) is 12.0. The highest BCUT2D eigenvalue weighted by molar-refractivity contribution is 5.89. The molecule has 0 radical (unpaired) electrons. The van der Waals surface area contributed by atoms with Gasteiger partial charge in [0.25, 0.3) is 5.91 Å². The number of halogens is 1. The zero-order valence-electron chi connectivity index (χ0n) is 13.1. The second-order valence-corrected chi connectivity index (χ2v) is 5.56. The van der Waals surface area contributed by atoms with E-state index in [0.29, 0.717) is 11.5 Å². The van der Waals surface area contributed by atoms with Crippen molar-refractivity contribution in [3.63, 3.8) is 0 Å². The van der Waals surface area contributed by atoms with E-state index in [0.717, 1.165) is 5.56 Å². The molecule has 1 unspecified atom stereocenters. The molecule has 1 fully saturated rings. The average molecular weight is 345 g/mol. The van der Waals surface area contributed by atoms with Crippen molar-refractivity contribution in [1.82, 2.24) is 15.7 Å². The Morgan fingerprint density at radius 1 is 1.28 bits per heavy atom. The minimum Gasteiger partial charge on any atom is -0.457 e. The molecule has 3 amide bonds. The second-order valence-electron chi connectivity index (χ2n) is 5.56. The summed E-state index contributed by atoms with van der Waals surface area (Å²) < 4.78 is 18.6. The molecule has 1 saturated heterocycles. The lowest BCUT2D eigenvalue weighted by atomic mass is 10.2. The maximum absolute atomic E-state index is 12.9. The fraction of sp³-hybridized carbons (Fsp3) is 0.176. The highest BCUT2D eigenvalue weighted by Crippen LogP contribution is 2.23. The van der Waals surface area contributed by atoms with Crippen LogP contribution in [0.1, 0.15) is 5.56 Å². The van der Waals surface area contributed by atoms with Gasteiger partial charge in [-0.1, -0.05) is 12.1 Å². The first-order valence-corrected chi connectivity index (χ1v) is 7.57. The van der Waals surface area contributed by atoms with E-state index in [1.807, 2.05) is 6.07 Å². The van der Waals surface area contributed by atoms with E-state index in [-0.39, 0.29) is 18.9 Å². The molecule has 2 aromatic rings. The molecule has 2 aromatic carbocycles. The van der Waals surface area contributed by atoms with Crippen LogP contribution in [0.2, 0.25) is 0 Å². The Hall–Kier alpha value is -3.13. The minimum absolute atomic E-state index is 0.147. The predicted molar refractivity (Wildman–Crippen MR) is 85.6 cm³/mol. The van der Waals surface area contributed by atoms with Gasteiger partial charge in [-0.3, -0.25) is 10.0 Å². The summed E-state index contributed by atoms with van der Waals surface area (Å²) in [5, 5.41) is 11.1. The molecular weight excluding hydrogens is 329 g/mol. The van der Waals surface area contributed by atoms with Crippen LogP contribution in [0.3, 0.4) is 0 Å². The van der Waals surface area contributed by atoms with Crippen LogP contribution >= 0.6 is 0 Å². The van der Waals surface area contributed by atoms with E-state index in [1.54, 1.807) is 18.2 Å². The molecule has 1 aliphatic heterocycles. The molecule has 0 spiro atoms. The van der Waals surface area contributed by atoms with Gasteiger partial charge in [0.05, 0.1) is 6.54 Å². The van der Waals surface area contributed by atoms with Crippen LogP contribution in [-0.2, 0) is 11.3 Å². The van der Waals surface area contributed by atoms with Crippen LogP contribution in [0, 0.1) is 5.82 Å². The highest BCUT2D eigenvalue weighted by Gasteiger charge is 2.33. The van der Waals surface area contributed by atoms with Gasteiger partial charge >= 0.3 is 6.03 Å². The third kappa shape index (κ3) is 4.04. The molecule has 3 rings (SSSR count). The average Bonchev–Trinajstić information content (AvgIpc) is 2.97. The molecule has 7 nitrogen and oxygen atoms in total. The molecule has 130 valence electrons. The van der Waals surface area contributed by atoms with E-state index < -0.39 is 18.0 Å². The maximum Gasteiger partial charge on any atom is 0.318 e. The summed E-state index contributed by atoms with van der Waals surface area (Å²) in [5.41, 5.74) is 2.33. The number of carbonyl (C=O) groups is 2. The topological polar surface area (TPSA) is 90.9 Å². The first-order valence-electron chi connectivity index (χ1n) is 7.57. The van der Waals surface area contributed by atoms with E-state index in [2.05, 4.69) is 5.32 Å². The van der Waals surface area contributed by atoms with Gasteiger partial charge < -0.3 is 15.0 Å². The molecule has 0 saturated carbocycles. The Kier molecular flexibility index (Phi) is 4.80. The van der Waals surface area contributed by atoms with Crippen LogP contribution in [0.5, 0.6) is 11.5 Å². The third-order valence-corrected chi connectivity index (χ3v) is 3.74. The highest BCUT2D eigenvalue weighted by atomic mass is 19.1. The summed E-state index contributed by atoms with van der Waals surface area (Å²) in [4.78, 5) is 24.7. The molecule has 0 aromatic heterocycles. The van der Waals surface area contributed by atoms with Crippen LogP contribution in [0.4, 0.5) is 9.18 Å². The SMILES string of the molecule is O=C(NO)C1CN(Cc2cccc(Oc3ccc(F)cc3)c2)C(=O)N1. The maximum atomic E-state index is 12.9. The normalized spacial score (nSPS) is 16.5. The smallest absolute Gasteiger partial charge is 0.318 e. The van der Waals surface area contributed by atoms with Crippen molar-refractivity contribution in [3.8, 4) is 11.5 Å². The Balaban J connectivity index is 1.66. The van der Waals surface area contributed by atoms with Crippen molar-refractivity contribution in [1.29, 1.82) is 0 Å². The molecule has 25 heavy (non-hydrogen) atoms. The summed E-state index contributed by atoms with van der Waals surface area (Å²) in [6.07, 6.45) is 0. The van der Waals surface area contributed by atoms with Crippen LogP contribution < -0.4 is 15.5 Å². The van der Waals surface area contributed by atoms with Crippen LogP contribution in [-0.4, -0.2) is 34.6 Å². The predicted octanol–water partition coefficient (Wildman–Crippen LogP) is 2.02. The summed E-state index contributed by atoms with van der Waals surface area (Å²) in [6, 6.07) is 11.6. The number of nitrogens with zero attached hydrogens (tertiary/aromatic N) is 1. The number of carbonyl (C=O) groups excluding carboxylic acids is 2. The summed E-state index contributed by atoms with van der Waals surface area (Å²) in [7, 11) is 0. The lowest BCUT2D eigenvalue weighted by molar-refractivity contribution is -0.130. The Morgan fingerprint density at radius 2 is 2.04 bits per heavy atom. The van der Waals surface area contributed by atoms with Gasteiger partial charge in [-0.15, -0.1) is 0 Å². The van der Waals surface area contributed by atoms with Gasteiger partial charge in [0, 0.05) is 6.54 Å². The van der Waals surface area contributed by atoms with Gasteiger partial charge in [0.2, 0.25) is 0 Å². The molecule has 3 N–H and O–H groups in total. The van der Waals surface area contributed by atoms with Gasteiger partial charge in [0.15, 0.2) is 0 Å². The molecule has 8 heteroatoms. The Bertz CT molecular complexity index is 782. The number of hydrogen-bond acceptors (Lipinski definition) is 4. The van der Waals surface area contributed by atoms with E-state index in [1.165, 1.54) is 34.6 Å². The largest absolute Gasteiger partial charge is 0.457 e. The third-order valence-electron chi connectivity index (χ3n) is 3.74. The van der Waals surface area contributed by atoms with Crippen LogP contribution in [0.25, 0.3) is 0 Å². The number of rotatable bonds is 5. The van der Waals surface area contributed by atoms with Gasteiger partial charge in [-0.25, -0.2) is 14.7 Å². The minimum atomic E-state index is -0.795. The van der Waals surface area contributed by atoms with Gasteiger partial charge in [0.1, 0.15) is 23.4 Å². The number of amides is 3. The summed E-state index contributed by atoms with van der Waals surface area (Å²) >= 11 is 0. The van der Waals surface area contributed by atoms with E-state index >= 15 is 0 Å². The molecule has 0 bridgehead atoms. The van der Waals surface area contributed by atoms with Gasteiger partial charge in [-0.2, -0.15) is 0 Å². The van der Waals surface area contributed by atoms with Crippen molar-refractivity contribution >= 4 is 11.9 Å². The van der Waals surface area contributed by atoms with Crippen molar-refractivity contribution in [2.45, 2.75) is 12.6 Å². The molecule has 1 atom stereocenters. The Labute approximate surface area is 143 Å². The van der Waals surface area contributed by atoms with Crippen molar-refractivity contribution < 1.29 is 23.9 Å². The number of nitrogens with one attached hydrogen (secondary N) is 2. The monoisotopic (exact) mass is 345 g/mol. The van der Waals surface area contributed by atoms with Crippen molar-refractivity contribution in [2.75, 3.05) is 6.54 Å². The van der Waals surface area contributed by atoms with Gasteiger partial charge in [-0.05, 0) is 42.0 Å². The van der Waals surface area contributed by atoms with E-state index in [4.69, 9.17) is 9.94 Å². The lowest BCUT2D eigenvalue weighted by Crippen LogP contribution is -2.41. The van der Waals surface area contributed by atoms with Crippen LogP contribution in [0.15, 0.2) is 48.5 Å². The Morgan fingerprint density at radius 3 is 2.76 bits per heavy atom. The number of urea groups is 1. The number of hydroxylamine groups is 1. The molecule has 1 heterocycles. The zero-order chi connectivity index (χ0) is 17.8. The number of benzene rings is 2. The van der Waals surface area contributed by atoms with E-state index in [9.17, 15) is 14.0 Å². The second kappa shape index (κ2) is 7.18.